The van der Waals surface area contributed by atoms with Crippen molar-refractivity contribution in [3.8, 4) is 0 Å². The van der Waals surface area contributed by atoms with Crippen LogP contribution in [0.2, 0.25) is 0 Å². The fraction of sp³-hybridized carbons (Fsp3) is 0.250. The summed E-state index contributed by atoms with van der Waals surface area (Å²) in [5, 5.41) is 6.09. The molecular formula is C8H9BrN4O2S2. The second-order valence-corrected chi connectivity index (χ2v) is 6.81. The van der Waals surface area contributed by atoms with Crippen LogP contribution in [0, 0.1) is 0 Å². The summed E-state index contributed by atoms with van der Waals surface area (Å²) < 4.78 is 27.4. The average Bonchev–Trinajstić information content (AvgIpc) is 2.86. The minimum Gasteiger partial charge on any atom is -0.273 e. The molecule has 0 aliphatic rings. The number of hydrogen-bond donors (Lipinski definition) is 0. The van der Waals surface area contributed by atoms with Gasteiger partial charge in [0.05, 0.1) is 0 Å². The molecule has 0 aromatic carbocycles. The van der Waals surface area contributed by atoms with Gasteiger partial charge in [0.1, 0.15) is 9.50 Å². The van der Waals surface area contributed by atoms with Crippen LogP contribution in [-0.4, -0.2) is 30.2 Å². The van der Waals surface area contributed by atoms with Crippen molar-refractivity contribution in [1.29, 1.82) is 0 Å². The van der Waals surface area contributed by atoms with E-state index in [1.54, 1.807) is 18.6 Å². The van der Waals surface area contributed by atoms with Crippen molar-refractivity contribution in [1.82, 2.24) is 14.8 Å². The molecule has 0 unspecified atom stereocenters. The van der Waals surface area contributed by atoms with Crippen LogP contribution in [0.15, 0.2) is 27.3 Å². The number of nitrogens with zero attached hydrogens (tertiary/aromatic N) is 4. The molecule has 0 fully saturated rings. The first-order valence-corrected chi connectivity index (χ1v) is 7.62. The molecule has 0 bridgehead atoms. The van der Waals surface area contributed by atoms with E-state index >= 15 is 0 Å². The Balaban J connectivity index is 2.47. The van der Waals surface area contributed by atoms with Gasteiger partial charge in [0.15, 0.2) is 5.13 Å². The van der Waals surface area contributed by atoms with Gasteiger partial charge in [-0.25, -0.2) is 17.7 Å². The van der Waals surface area contributed by atoms with Gasteiger partial charge in [-0.15, -0.1) is 11.3 Å². The Kier molecular flexibility index (Phi) is 3.23. The van der Waals surface area contributed by atoms with E-state index in [-0.39, 0.29) is 4.90 Å². The second-order valence-electron chi connectivity index (χ2n) is 3.25. The number of thiazole rings is 1. The third kappa shape index (κ3) is 2.22. The fourth-order valence-corrected chi connectivity index (χ4v) is 4.22. The molecule has 2 rings (SSSR count). The zero-order valence-electron chi connectivity index (χ0n) is 9.03. The Labute approximate surface area is 111 Å². The lowest BCUT2D eigenvalue weighted by atomic mass is 10.7. The van der Waals surface area contributed by atoms with Crippen LogP contribution in [-0.2, 0) is 17.1 Å². The van der Waals surface area contributed by atoms with E-state index in [2.05, 4.69) is 26.0 Å². The Morgan fingerprint density at radius 3 is 2.71 bits per heavy atom. The van der Waals surface area contributed by atoms with Crippen LogP contribution < -0.4 is 4.31 Å². The lowest BCUT2D eigenvalue weighted by Crippen LogP contribution is -2.26. The molecule has 0 saturated carbocycles. The van der Waals surface area contributed by atoms with Crippen molar-refractivity contribution in [3.05, 3.63) is 22.4 Å². The third-order valence-electron chi connectivity index (χ3n) is 2.08. The molecule has 0 aliphatic carbocycles. The van der Waals surface area contributed by atoms with Crippen LogP contribution in [0.3, 0.4) is 0 Å². The summed E-state index contributed by atoms with van der Waals surface area (Å²) in [6, 6.07) is 0. The number of aromatic nitrogens is 3. The number of halogens is 1. The van der Waals surface area contributed by atoms with E-state index in [9.17, 15) is 8.42 Å². The Hall–Kier alpha value is -0.930. The number of rotatable bonds is 3. The zero-order valence-corrected chi connectivity index (χ0v) is 12.3. The molecule has 0 spiro atoms. The normalized spacial score (nSPS) is 11.7. The quantitative estimate of drug-likeness (QED) is 0.850. The van der Waals surface area contributed by atoms with E-state index in [0.717, 1.165) is 4.31 Å². The number of anilines is 1. The first kappa shape index (κ1) is 12.5. The van der Waals surface area contributed by atoms with E-state index in [0.29, 0.717) is 9.73 Å². The van der Waals surface area contributed by atoms with Gasteiger partial charge >= 0.3 is 0 Å². The van der Waals surface area contributed by atoms with Crippen LogP contribution in [0.5, 0.6) is 0 Å². The third-order valence-corrected chi connectivity index (χ3v) is 5.64. The maximum Gasteiger partial charge on any atom is 0.270 e. The fourth-order valence-electron chi connectivity index (χ4n) is 1.23. The molecule has 0 radical (unpaired) electrons. The van der Waals surface area contributed by atoms with Gasteiger partial charge in [-0.2, -0.15) is 5.10 Å². The molecule has 92 valence electrons. The van der Waals surface area contributed by atoms with Crippen LogP contribution in [0.25, 0.3) is 0 Å². The van der Waals surface area contributed by atoms with Crippen molar-refractivity contribution in [2.45, 2.75) is 4.90 Å². The zero-order chi connectivity index (χ0) is 12.6. The first-order valence-electron chi connectivity index (χ1n) is 4.50. The molecule has 0 atom stereocenters. The van der Waals surface area contributed by atoms with Crippen molar-refractivity contribution in [2.75, 3.05) is 11.4 Å². The standard InChI is InChI=1S/C8H9BrN4O2S2/c1-12-5-6(7(9)11-12)17(14,15)13(2)8-10-3-4-16-8/h3-5H,1-2H3. The lowest BCUT2D eigenvalue weighted by Gasteiger charge is -2.14. The molecule has 17 heavy (non-hydrogen) atoms. The summed E-state index contributed by atoms with van der Waals surface area (Å²) in [7, 11) is -0.495. The molecule has 0 aliphatic heterocycles. The van der Waals surface area contributed by atoms with E-state index in [1.165, 1.54) is 29.3 Å². The highest BCUT2D eigenvalue weighted by atomic mass is 79.9. The lowest BCUT2D eigenvalue weighted by molar-refractivity contribution is 0.593. The van der Waals surface area contributed by atoms with E-state index in [1.807, 2.05) is 0 Å². The summed E-state index contributed by atoms with van der Waals surface area (Å²) in [5.41, 5.74) is 0. The van der Waals surface area contributed by atoms with Gasteiger partial charge in [-0.05, 0) is 15.9 Å². The maximum absolute atomic E-state index is 12.3. The second kappa shape index (κ2) is 4.39. The molecule has 0 N–H and O–H groups in total. The smallest absolute Gasteiger partial charge is 0.270 e. The van der Waals surface area contributed by atoms with Crippen molar-refractivity contribution < 1.29 is 8.42 Å². The predicted octanol–water partition coefficient (Wildman–Crippen LogP) is 1.46. The summed E-state index contributed by atoms with van der Waals surface area (Å²) >= 11 is 4.39. The Morgan fingerprint density at radius 2 is 2.24 bits per heavy atom. The maximum atomic E-state index is 12.3. The van der Waals surface area contributed by atoms with Crippen LogP contribution in [0.4, 0.5) is 5.13 Å². The summed E-state index contributed by atoms with van der Waals surface area (Å²) in [6.45, 7) is 0. The van der Waals surface area contributed by atoms with Gasteiger partial charge in [-0.3, -0.25) is 4.68 Å². The molecule has 2 aromatic rings. The number of sulfonamides is 1. The minimum absolute atomic E-state index is 0.123. The SMILES string of the molecule is CN(c1nccs1)S(=O)(=O)c1cn(C)nc1Br. The van der Waals surface area contributed by atoms with Crippen LogP contribution >= 0.6 is 27.3 Å². The molecular weight excluding hydrogens is 328 g/mol. The molecule has 2 heterocycles. The monoisotopic (exact) mass is 336 g/mol. The average molecular weight is 337 g/mol. The largest absolute Gasteiger partial charge is 0.273 e. The van der Waals surface area contributed by atoms with Gasteiger partial charge in [-0.1, -0.05) is 0 Å². The van der Waals surface area contributed by atoms with Crippen molar-refractivity contribution in [3.63, 3.8) is 0 Å². The summed E-state index contributed by atoms with van der Waals surface area (Å²) in [5.74, 6) is 0. The Morgan fingerprint density at radius 1 is 1.53 bits per heavy atom. The minimum atomic E-state index is -3.62. The molecule has 6 nitrogen and oxygen atoms in total. The Bertz CT molecular complexity index is 620. The molecule has 2 aromatic heterocycles. The highest BCUT2D eigenvalue weighted by Crippen LogP contribution is 2.27. The summed E-state index contributed by atoms with van der Waals surface area (Å²) in [4.78, 5) is 4.09. The topological polar surface area (TPSA) is 68.1 Å². The van der Waals surface area contributed by atoms with Gasteiger partial charge in [0.2, 0.25) is 0 Å². The predicted molar refractivity (Wildman–Crippen MR) is 68.6 cm³/mol. The number of hydrogen-bond acceptors (Lipinski definition) is 5. The first-order chi connectivity index (χ1) is 7.93. The van der Waals surface area contributed by atoms with Gasteiger partial charge in [0.25, 0.3) is 10.0 Å². The highest BCUT2D eigenvalue weighted by molar-refractivity contribution is 9.10. The van der Waals surface area contributed by atoms with Gasteiger partial charge < -0.3 is 0 Å². The highest BCUT2D eigenvalue weighted by Gasteiger charge is 2.27. The number of aryl methyl sites for hydroxylation is 1. The van der Waals surface area contributed by atoms with Crippen molar-refractivity contribution >= 4 is 42.4 Å². The van der Waals surface area contributed by atoms with E-state index in [4.69, 9.17) is 0 Å². The molecule has 0 saturated heterocycles. The van der Waals surface area contributed by atoms with Crippen LogP contribution in [0.1, 0.15) is 0 Å². The molecule has 9 heteroatoms. The van der Waals surface area contributed by atoms with Crippen molar-refractivity contribution in [2.24, 2.45) is 7.05 Å². The molecule has 0 amide bonds. The summed E-state index contributed by atoms with van der Waals surface area (Å²) in [6.07, 6.45) is 3.01. The van der Waals surface area contributed by atoms with E-state index < -0.39 is 10.0 Å². The van der Waals surface area contributed by atoms with Gasteiger partial charge in [0, 0.05) is 31.9 Å².